The molecule has 0 atom stereocenters. The van der Waals surface area contributed by atoms with Gasteiger partial charge in [-0.05, 0) is 52.9 Å². The van der Waals surface area contributed by atoms with Crippen LogP contribution in [0, 0.1) is 6.92 Å². The van der Waals surface area contributed by atoms with E-state index in [1.54, 1.807) is 7.11 Å². The standard InChI is InChI=1S/C16H28N2O/c1-13-7-8-15(19-6)14(11-13)9-10-18(5)16(2,3)12-17-4/h7-8,11,17H,9-10,12H2,1-6H3. The zero-order valence-electron chi connectivity index (χ0n) is 13.2. The number of hydrogen-bond donors (Lipinski definition) is 1. The van der Waals surface area contributed by atoms with Gasteiger partial charge in [0.25, 0.3) is 0 Å². The fraction of sp³-hybridized carbons (Fsp3) is 0.625. The summed E-state index contributed by atoms with van der Waals surface area (Å²) in [7, 11) is 5.92. The van der Waals surface area contributed by atoms with Crippen LogP contribution >= 0.6 is 0 Å². The molecule has 1 aromatic rings. The van der Waals surface area contributed by atoms with Gasteiger partial charge in [0.05, 0.1) is 7.11 Å². The maximum atomic E-state index is 5.43. The lowest BCUT2D eigenvalue weighted by atomic mass is 10.0. The summed E-state index contributed by atoms with van der Waals surface area (Å²) < 4.78 is 5.43. The Balaban J connectivity index is 2.68. The Kier molecular flexibility index (Phi) is 5.83. The van der Waals surface area contributed by atoms with Gasteiger partial charge in [-0.3, -0.25) is 4.90 Å². The van der Waals surface area contributed by atoms with E-state index in [4.69, 9.17) is 4.74 Å². The third-order valence-corrected chi connectivity index (χ3v) is 3.80. The van der Waals surface area contributed by atoms with Crippen LogP contribution in [0.3, 0.4) is 0 Å². The van der Waals surface area contributed by atoms with Crippen molar-refractivity contribution in [2.45, 2.75) is 32.7 Å². The molecule has 1 rings (SSSR count). The highest BCUT2D eigenvalue weighted by Gasteiger charge is 2.22. The molecule has 0 saturated heterocycles. The molecular formula is C16H28N2O. The Morgan fingerprint density at radius 2 is 2.00 bits per heavy atom. The SMILES string of the molecule is CNCC(C)(C)N(C)CCc1cc(C)ccc1OC. The second kappa shape index (κ2) is 6.92. The van der Waals surface area contributed by atoms with E-state index in [0.717, 1.165) is 25.3 Å². The van der Waals surface area contributed by atoms with Crippen molar-refractivity contribution in [3.63, 3.8) is 0 Å². The zero-order valence-corrected chi connectivity index (χ0v) is 13.2. The van der Waals surface area contributed by atoms with Gasteiger partial charge in [0.1, 0.15) is 5.75 Å². The van der Waals surface area contributed by atoms with Crippen molar-refractivity contribution < 1.29 is 4.74 Å². The molecule has 0 aliphatic carbocycles. The van der Waals surface area contributed by atoms with Crippen LogP contribution in [0.1, 0.15) is 25.0 Å². The van der Waals surface area contributed by atoms with E-state index in [0.29, 0.717) is 0 Å². The largest absolute Gasteiger partial charge is 0.496 e. The van der Waals surface area contributed by atoms with Gasteiger partial charge in [-0.2, -0.15) is 0 Å². The van der Waals surface area contributed by atoms with E-state index in [1.165, 1.54) is 11.1 Å². The van der Waals surface area contributed by atoms with Gasteiger partial charge in [0.15, 0.2) is 0 Å². The molecule has 0 aliphatic heterocycles. The van der Waals surface area contributed by atoms with Gasteiger partial charge in [-0.1, -0.05) is 17.7 Å². The van der Waals surface area contributed by atoms with Crippen LogP contribution in [-0.2, 0) is 6.42 Å². The van der Waals surface area contributed by atoms with E-state index >= 15 is 0 Å². The number of benzene rings is 1. The van der Waals surface area contributed by atoms with E-state index in [1.807, 2.05) is 7.05 Å². The average molecular weight is 264 g/mol. The first kappa shape index (κ1) is 16.0. The number of ether oxygens (including phenoxy) is 1. The fourth-order valence-corrected chi connectivity index (χ4v) is 2.26. The summed E-state index contributed by atoms with van der Waals surface area (Å²) in [5.74, 6) is 0.991. The number of methoxy groups -OCH3 is 1. The Labute approximate surface area is 118 Å². The lowest BCUT2D eigenvalue weighted by Gasteiger charge is -2.35. The molecule has 0 radical (unpaired) electrons. The first-order valence-corrected chi connectivity index (χ1v) is 6.90. The molecule has 0 aliphatic rings. The number of aryl methyl sites for hydroxylation is 1. The van der Waals surface area contributed by atoms with Gasteiger partial charge in [-0.25, -0.2) is 0 Å². The molecule has 3 heteroatoms. The molecule has 1 aromatic carbocycles. The lowest BCUT2D eigenvalue weighted by Crippen LogP contribution is -2.48. The zero-order chi connectivity index (χ0) is 14.5. The summed E-state index contributed by atoms with van der Waals surface area (Å²) in [5.41, 5.74) is 2.73. The summed E-state index contributed by atoms with van der Waals surface area (Å²) in [4.78, 5) is 2.39. The number of nitrogens with one attached hydrogen (secondary N) is 1. The first-order chi connectivity index (χ1) is 8.90. The minimum atomic E-state index is 0.159. The second-order valence-electron chi connectivity index (χ2n) is 5.83. The number of nitrogens with zero attached hydrogens (tertiary/aromatic N) is 1. The van der Waals surface area contributed by atoms with Crippen molar-refractivity contribution in [1.29, 1.82) is 0 Å². The van der Waals surface area contributed by atoms with Gasteiger partial charge in [0, 0.05) is 18.6 Å². The molecule has 19 heavy (non-hydrogen) atoms. The normalized spacial score (nSPS) is 11.9. The topological polar surface area (TPSA) is 24.5 Å². The minimum absolute atomic E-state index is 0.159. The summed E-state index contributed by atoms with van der Waals surface area (Å²) in [6.07, 6.45) is 1.01. The highest BCUT2D eigenvalue weighted by atomic mass is 16.5. The fourth-order valence-electron chi connectivity index (χ4n) is 2.26. The van der Waals surface area contributed by atoms with Crippen LogP contribution in [0.25, 0.3) is 0 Å². The van der Waals surface area contributed by atoms with Crippen molar-refractivity contribution in [2.24, 2.45) is 0 Å². The molecule has 3 nitrogen and oxygen atoms in total. The average Bonchev–Trinajstić information content (AvgIpc) is 2.36. The quantitative estimate of drug-likeness (QED) is 0.819. The third-order valence-electron chi connectivity index (χ3n) is 3.80. The molecule has 108 valence electrons. The second-order valence-corrected chi connectivity index (χ2v) is 5.83. The Hall–Kier alpha value is -1.06. The molecular weight excluding hydrogens is 236 g/mol. The number of hydrogen-bond acceptors (Lipinski definition) is 3. The summed E-state index contributed by atoms with van der Waals surface area (Å²) >= 11 is 0. The van der Waals surface area contributed by atoms with Gasteiger partial charge < -0.3 is 10.1 Å². The predicted octanol–water partition coefficient (Wildman–Crippen LogP) is 2.48. The summed E-state index contributed by atoms with van der Waals surface area (Å²) in [6, 6.07) is 6.37. The van der Waals surface area contributed by atoms with Crippen molar-refractivity contribution >= 4 is 0 Å². The Morgan fingerprint density at radius 3 is 2.58 bits per heavy atom. The Morgan fingerprint density at radius 1 is 1.32 bits per heavy atom. The van der Waals surface area contributed by atoms with Crippen molar-refractivity contribution in [1.82, 2.24) is 10.2 Å². The van der Waals surface area contributed by atoms with Crippen LogP contribution in [0.4, 0.5) is 0 Å². The van der Waals surface area contributed by atoms with Crippen LogP contribution in [-0.4, -0.2) is 44.7 Å². The highest BCUT2D eigenvalue weighted by molar-refractivity contribution is 5.37. The first-order valence-electron chi connectivity index (χ1n) is 6.90. The molecule has 1 N–H and O–H groups in total. The monoisotopic (exact) mass is 264 g/mol. The number of likely N-dealkylation sites (N-methyl/N-ethyl adjacent to an activating group) is 2. The van der Waals surface area contributed by atoms with Gasteiger partial charge in [-0.15, -0.1) is 0 Å². The minimum Gasteiger partial charge on any atom is -0.496 e. The highest BCUT2D eigenvalue weighted by Crippen LogP contribution is 2.21. The van der Waals surface area contributed by atoms with Crippen LogP contribution in [0.15, 0.2) is 18.2 Å². The van der Waals surface area contributed by atoms with E-state index in [-0.39, 0.29) is 5.54 Å². The molecule has 0 spiro atoms. The van der Waals surface area contributed by atoms with Crippen LogP contribution < -0.4 is 10.1 Å². The molecule has 0 fully saturated rings. The van der Waals surface area contributed by atoms with Crippen LogP contribution in [0.5, 0.6) is 5.75 Å². The van der Waals surface area contributed by atoms with Crippen molar-refractivity contribution in [3.8, 4) is 5.75 Å². The predicted molar refractivity (Wildman–Crippen MR) is 82.1 cm³/mol. The molecule has 0 amide bonds. The smallest absolute Gasteiger partial charge is 0.122 e. The van der Waals surface area contributed by atoms with E-state index in [9.17, 15) is 0 Å². The maximum Gasteiger partial charge on any atom is 0.122 e. The molecule has 0 heterocycles. The summed E-state index contributed by atoms with van der Waals surface area (Å²) in [6.45, 7) is 8.65. The van der Waals surface area contributed by atoms with Gasteiger partial charge >= 0.3 is 0 Å². The third kappa shape index (κ3) is 4.51. The molecule has 0 unspecified atom stereocenters. The van der Waals surface area contributed by atoms with Crippen molar-refractivity contribution in [3.05, 3.63) is 29.3 Å². The maximum absolute atomic E-state index is 5.43. The molecule has 0 saturated carbocycles. The lowest BCUT2D eigenvalue weighted by molar-refractivity contribution is 0.157. The van der Waals surface area contributed by atoms with E-state index in [2.05, 4.69) is 56.2 Å². The molecule has 0 bridgehead atoms. The summed E-state index contributed by atoms with van der Waals surface area (Å²) in [5, 5.41) is 3.25. The Bertz CT molecular complexity index is 402. The van der Waals surface area contributed by atoms with Crippen molar-refractivity contribution in [2.75, 3.05) is 34.3 Å². The number of rotatable bonds is 7. The van der Waals surface area contributed by atoms with Gasteiger partial charge in [0.2, 0.25) is 0 Å². The molecule has 0 aromatic heterocycles. The van der Waals surface area contributed by atoms with E-state index < -0.39 is 0 Å². The van der Waals surface area contributed by atoms with Crippen LogP contribution in [0.2, 0.25) is 0 Å².